The summed E-state index contributed by atoms with van der Waals surface area (Å²) in [4.78, 5) is 23.9. The number of amides is 1. The van der Waals surface area contributed by atoms with E-state index in [-0.39, 0.29) is 17.6 Å². The van der Waals surface area contributed by atoms with Crippen LogP contribution in [-0.2, 0) is 9.59 Å². The summed E-state index contributed by atoms with van der Waals surface area (Å²) < 4.78 is 0. The number of carboxylic acid groups (broad SMARTS) is 1. The first kappa shape index (κ1) is 12.4. The summed E-state index contributed by atoms with van der Waals surface area (Å²) in [5, 5.41) is 9.05. The van der Waals surface area contributed by atoms with Gasteiger partial charge in [0.25, 0.3) is 0 Å². The predicted octanol–water partition coefficient (Wildman–Crippen LogP) is 0.479. The van der Waals surface area contributed by atoms with Gasteiger partial charge < -0.3 is 10.8 Å². The summed E-state index contributed by atoms with van der Waals surface area (Å²) in [5.74, 6) is -1.44. The van der Waals surface area contributed by atoms with Crippen LogP contribution in [0.3, 0.4) is 0 Å². The fourth-order valence-electron chi connectivity index (χ4n) is 1.82. The molecule has 1 aliphatic heterocycles. The number of β-lactam (4-membered cyclic amide) rings is 1. The van der Waals surface area contributed by atoms with Crippen molar-refractivity contribution in [1.82, 2.24) is 4.90 Å². The Balaban J connectivity index is 3.02. The summed E-state index contributed by atoms with van der Waals surface area (Å²) >= 11 is 0. The summed E-state index contributed by atoms with van der Waals surface area (Å²) in [6.07, 6.45) is 2.13. The predicted molar refractivity (Wildman–Crippen MR) is 59.4 cm³/mol. The van der Waals surface area contributed by atoms with Crippen LogP contribution < -0.4 is 5.73 Å². The maximum Gasteiger partial charge on any atom is 0.352 e. The minimum Gasteiger partial charge on any atom is -0.477 e. The zero-order valence-electron chi connectivity index (χ0n) is 9.43. The van der Waals surface area contributed by atoms with Crippen molar-refractivity contribution in [2.45, 2.75) is 32.4 Å². The standard InChI is InChI=1S/C11H16N2O3/c1-4-5-7-8(12)10(14)13(7)9(6(2)3)11(15)16/h4,7-8H,1,5,12H2,2-3H3,(H,15,16)/t7-,8?/m0/s1. The molecule has 5 nitrogen and oxygen atoms in total. The molecule has 0 aliphatic carbocycles. The molecule has 1 aliphatic rings. The molecule has 3 N–H and O–H groups in total. The monoisotopic (exact) mass is 224 g/mol. The highest BCUT2D eigenvalue weighted by Gasteiger charge is 2.47. The van der Waals surface area contributed by atoms with Gasteiger partial charge in [-0.25, -0.2) is 4.79 Å². The van der Waals surface area contributed by atoms with Gasteiger partial charge in [0.15, 0.2) is 0 Å². The van der Waals surface area contributed by atoms with E-state index in [4.69, 9.17) is 10.8 Å². The molecule has 16 heavy (non-hydrogen) atoms. The van der Waals surface area contributed by atoms with Crippen LogP contribution in [0, 0.1) is 0 Å². The maximum atomic E-state index is 11.6. The Morgan fingerprint density at radius 3 is 2.56 bits per heavy atom. The van der Waals surface area contributed by atoms with Gasteiger partial charge in [0.1, 0.15) is 11.7 Å². The van der Waals surface area contributed by atoms with Gasteiger partial charge in [-0.1, -0.05) is 6.08 Å². The third-order valence-corrected chi connectivity index (χ3v) is 2.59. The average molecular weight is 224 g/mol. The van der Waals surface area contributed by atoms with Crippen molar-refractivity contribution >= 4 is 11.9 Å². The number of hydrogen-bond acceptors (Lipinski definition) is 3. The topological polar surface area (TPSA) is 83.6 Å². The van der Waals surface area contributed by atoms with Gasteiger partial charge in [-0.15, -0.1) is 6.58 Å². The molecule has 0 spiro atoms. The van der Waals surface area contributed by atoms with E-state index in [0.29, 0.717) is 12.0 Å². The van der Waals surface area contributed by atoms with Crippen molar-refractivity contribution in [2.24, 2.45) is 5.73 Å². The Morgan fingerprint density at radius 1 is 1.62 bits per heavy atom. The van der Waals surface area contributed by atoms with Crippen LogP contribution in [0.5, 0.6) is 0 Å². The molecule has 0 bridgehead atoms. The van der Waals surface area contributed by atoms with Gasteiger partial charge in [-0.05, 0) is 25.8 Å². The summed E-state index contributed by atoms with van der Waals surface area (Å²) in [6, 6.07) is -0.905. The molecule has 0 aromatic carbocycles. The fraction of sp³-hybridized carbons (Fsp3) is 0.455. The van der Waals surface area contributed by atoms with E-state index in [9.17, 15) is 9.59 Å². The number of aliphatic carboxylic acids is 1. The zero-order valence-corrected chi connectivity index (χ0v) is 9.43. The van der Waals surface area contributed by atoms with E-state index in [1.165, 1.54) is 4.90 Å². The molecule has 0 aromatic heterocycles. The molecule has 5 heteroatoms. The number of likely N-dealkylation sites (tertiary alicyclic amines) is 1. The molecule has 1 saturated heterocycles. The molecule has 1 heterocycles. The quantitative estimate of drug-likeness (QED) is 0.413. The molecule has 1 amide bonds. The van der Waals surface area contributed by atoms with Gasteiger partial charge in [-0.2, -0.15) is 0 Å². The maximum absolute atomic E-state index is 11.6. The second-order valence-electron chi connectivity index (χ2n) is 3.98. The smallest absolute Gasteiger partial charge is 0.352 e. The van der Waals surface area contributed by atoms with Gasteiger partial charge in [0.05, 0.1) is 6.04 Å². The number of rotatable bonds is 4. The van der Waals surface area contributed by atoms with E-state index in [2.05, 4.69) is 6.58 Å². The molecule has 1 unspecified atom stereocenters. The second kappa shape index (κ2) is 4.49. The second-order valence-corrected chi connectivity index (χ2v) is 3.98. The lowest BCUT2D eigenvalue weighted by molar-refractivity contribution is -0.151. The van der Waals surface area contributed by atoms with Crippen LogP contribution in [0.2, 0.25) is 0 Å². The Bertz CT molecular complexity index is 369. The van der Waals surface area contributed by atoms with Gasteiger partial charge in [0, 0.05) is 0 Å². The molecule has 0 aromatic rings. The molecule has 2 atom stereocenters. The fourth-order valence-corrected chi connectivity index (χ4v) is 1.82. The summed E-state index contributed by atoms with van der Waals surface area (Å²) in [5.41, 5.74) is 6.24. The summed E-state index contributed by atoms with van der Waals surface area (Å²) in [7, 11) is 0. The van der Waals surface area contributed by atoms with Crippen LogP contribution in [-0.4, -0.2) is 34.0 Å². The van der Waals surface area contributed by atoms with Crippen LogP contribution in [0.15, 0.2) is 23.9 Å². The minimum atomic E-state index is -1.10. The Morgan fingerprint density at radius 2 is 2.19 bits per heavy atom. The van der Waals surface area contributed by atoms with Crippen molar-refractivity contribution in [3.63, 3.8) is 0 Å². The molecule has 1 rings (SSSR count). The van der Waals surface area contributed by atoms with E-state index in [0.717, 1.165) is 0 Å². The zero-order chi connectivity index (χ0) is 12.5. The third-order valence-electron chi connectivity index (χ3n) is 2.59. The number of nitrogens with two attached hydrogens (primary N) is 1. The van der Waals surface area contributed by atoms with Crippen molar-refractivity contribution in [3.8, 4) is 0 Å². The highest BCUT2D eigenvalue weighted by Crippen LogP contribution is 2.28. The van der Waals surface area contributed by atoms with E-state index >= 15 is 0 Å². The number of carbonyl (C=O) groups is 2. The van der Waals surface area contributed by atoms with Crippen molar-refractivity contribution in [3.05, 3.63) is 23.9 Å². The highest BCUT2D eigenvalue weighted by molar-refractivity contribution is 5.99. The molecule has 1 fully saturated rings. The van der Waals surface area contributed by atoms with E-state index in [1.807, 2.05) is 0 Å². The molecule has 88 valence electrons. The van der Waals surface area contributed by atoms with Gasteiger partial charge in [-0.3, -0.25) is 9.69 Å². The van der Waals surface area contributed by atoms with Crippen molar-refractivity contribution < 1.29 is 14.7 Å². The van der Waals surface area contributed by atoms with Crippen LogP contribution >= 0.6 is 0 Å². The number of nitrogens with zero attached hydrogens (tertiary/aromatic N) is 1. The lowest BCUT2D eigenvalue weighted by atomic mass is 9.91. The summed E-state index contributed by atoms with van der Waals surface area (Å²) in [6.45, 7) is 6.89. The normalized spacial score (nSPS) is 23.7. The third kappa shape index (κ3) is 1.86. The Hall–Kier alpha value is -1.62. The number of hydrogen-bond donors (Lipinski definition) is 2. The van der Waals surface area contributed by atoms with E-state index < -0.39 is 12.0 Å². The SMILES string of the molecule is C=CC[C@H]1C(N)C(=O)N1C(C(=O)O)=C(C)C. The molecular formula is C11H16N2O3. The largest absolute Gasteiger partial charge is 0.477 e. The van der Waals surface area contributed by atoms with E-state index in [1.54, 1.807) is 19.9 Å². The van der Waals surface area contributed by atoms with Crippen LogP contribution in [0.25, 0.3) is 0 Å². The first-order valence-electron chi connectivity index (χ1n) is 5.02. The lowest BCUT2D eigenvalue weighted by Gasteiger charge is -2.45. The van der Waals surface area contributed by atoms with Crippen molar-refractivity contribution in [2.75, 3.05) is 0 Å². The minimum absolute atomic E-state index is 0.0264. The Labute approximate surface area is 94.2 Å². The molecule has 0 radical (unpaired) electrons. The van der Waals surface area contributed by atoms with Gasteiger partial charge >= 0.3 is 5.97 Å². The van der Waals surface area contributed by atoms with Crippen LogP contribution in [0.4, 0.5) is 0 Å². The Kier molecular flexibility index (Phi) is 3.49. The van der Waals surface area contributed by atoms with Gasteiger partial charge in [0.2, 0.25) is 5.91 Å². The molecule has 0 saturated carbocycles. The van der Waals surface area contributed by atoms with Crippen molar-refractivity contribution in [1.29, 1.82) is 0 Å². The first-order chi connectivity index (χ1) is 7.41. The first-order valence-corrected chi connectivity index (χ1v) is 5.02. The molecular weight excluding hydrogens is 208 g/mol. The lowest BCUT2D eigenvalue weighted by Crippen LogP contribution is -2.68. The highest BCUT2D eigenvalue weighted by atomic mass is 16.4. The average Bonchev–Trinajstić information content (AvgIpc) is 2.21. The number of carbonyl (C=O) groups excluding carboxylic acids is 1. The number of carboxylic acids is 1. The number of allylic oxidation sites excluding steroid dienone is 1. The van der Waals surface area contributed by atoms with Crippen LogP contribution in [0.1, 0.15) is 20.3 Å².